The van der Waals surface area contributed by atoms with Crippen molar-refractivity contribution >= 4 is 21.6 Å². The zero-order valence-electron chi connectivity index (χ0n) is 15.8. The highest BCUT2D eigenvalue weighted by molar-refractivity contribution is 7.89. The average Bonchev–Trinajstić information content (AvgIpc) is 3.39. The van der Waals surface area contributed by atoms with Gasteiger partial charge in [-0.15, -0.1) is 0 Å². The number of sulfonamides is 1. The monoisotopic (exact) mass is 433 g/mol. The summed E-state index contributed by atoms with van der Waals surface area (Å²) in [6.45, 7) is 2.80. The Kier molecular flexibility index (Phi) is 5.58. The summed E-state index contributed by atoms with van der Waals surface area (Å²) >= 11 is 5.92. The van der Waals surface area contributed by atoms with E-state index >= 15 is 0 Å². The van der Waals surface area contributed by atoms with Crippen LogP contribution in [0, 0.1) is 0 Å². The van der Waals surface area contributed by atoms with Gasteiger partial charge in [-0.1, -0.05) is 16.8 Å². The largest absolute Gasteiger partial charge is 0.494 e. The number of benzene rings is 2. The van der Waals surface area contributed by atoms with Crippen molar-refractivity contribution in [3.05, 3.63) is 59.4 Å². The van der Waals surface area contributed by atoms with Crippen LogP contribution in [0.3, 0.4) is 0 Å². The van der Waals surface area contributed by atoms with Crippen molar-refractivity contribution in [2.75, 3.05) is 13.2 Å². The molecule has 4 rings (SSSR count). The van der Waals surface area contributed by atoms with E-state index in [1.54, 1.807) is 48.5 Å². The number of rotatable bonds is 6. The van der Waals surface area contributed by atoms with Crippen LogP contribution in [0.1, 0.15) is 31.7 Å². The Morgan fingerprint density at radius 3 is 2.59 bits per heavy atom. The lowest BCUT2D eigenvalue weighted by atomic mass is 10.2. The first kappa shape index (κ1) is 19.9. The van der Waals surface area contributed by atoms with Gasteiger partial charge < -0.3 is 9.26 Å². The highest BCUT2D eigenvalue weighted by Gasteiger charge is 2.39. The van der Waals surface area contributed by atoms with Crippen molar-refractivity contribution in [2.45, 2.75) is 30.7 Å². The fourth-order valence-corrected chi connectivity index (χ4v) is 5.15. The van der Waals surface area contributed by atoms with Gasteiger partial charge in [-0.05, 0) is 68.3 Å². The van der Waals surface area contributed by atoms with E-state index < -0.39 is 16.1 Å². The van der Waals surface area contributed by atoms with Crippen LogP contribution in [-0.4, -0.2) is 36.0 Å². The standard InChI is InChI=1S/C20H20ClN3O4S/c1-2-27-16-9-11-17(12-10-16)29(25,26)24-13-3-4-18(24)20-22-19(23-28-20)14-5-7-15(21)8-6-14/h5-12,18H,2-4,13H2,1H3/t18-/m1/s1. The highest BCUT2D eigenvalue weighted by atomic mass is 35.5. The lowest BCUT2D eigenvalue weighted by Crippen LogP contribution is -2.30. The van der Waals surface area contributed by atoms with Gasteiger partial charge in [0.2, 0.25) is 21.7 Å². The molecule has 7 nitrogen and oxygen atoms in total. The van der Waals surface area contributed by atoms with Crippen LogP contribution in [-0.2, 0) is 10.0 Å². The highest BCUT2D eigenvalue weighted by Crippen LogP contribution is 2.36. The maximum absolute atomic E-state index is 13.2. The smallest absolute Gasteiger partial charge is 0.245 e. The lowest BCUT2D eigenvalue weighted by Gasteiger charge is -2.21. The summed E-state index contributed by atoms with van der Waals surface area (Å²) < 4.78 is 38.6. The SMILES string of the molecule is CCOc1ccc(S(=O)(=O)N2CCC[C@@H]2c2nc(-c3ccc(Cl)cc3)no2)cc1. The minimum atomic E-state index is -3.70. The fraction of sp³-hybridized carbons (Fsp3) is 0.300. The summed E-state index contributed by atoms with van der Waals surface area (Å²) in [5.74, 6) is 1.33. The Hall–Kier alpha value is -2.42. The van der Waals surface area contributed by atoms with Crippen LogP contribution < -0.4 is 4.74 Å². The second-order valence-electron chi connectivity index (χ2n) is 6.64. The van der Waals surface area contributed by atoms with Crippen molar-refractivity contribution in [3.8, 4) is 17.1 Å². The molecule has 1 aliphatic rings. The van der Waals surface area contributed by atoms with Crippen molar-refractivity contribution in [3.63, 3.8) is 0 Å². The summed E-state index contributed by atoms with van der Waals surface area (Å²) in [7, 11) is -3.70. The second-order valence-corrected chi connectivity index (χ2v) is 8.97. The Morgan fingerprint density at radius 1 is 1.17 bits per heavy atom. The number of ether oxygens (including phenoxy) is 1. The summed E-state index contributed by atoms with van der Waals surface area (Å²) in [5, 5.41) is 4.63. The van der Waals surface area contributed by atoms with Gasteiger partial charge in [0.15, 0.2) is 0 Å². The van der Waals surface area contributed by atoms with Crippen LogP contribution >= 0.6 is 11.6 Å². The summed E-state index contributed by atoms with van der Waals surface area (Å²) in [4.78, 5) is 4.65. The molecule has 1 fully saturated rings. The number of hydrogen-bond donors (Lipinski definition) is 0. The zero-order chi connectivity index (χ0) is 20.4. The van der Waals surface area contributed by atoms with Crippen molar-refractivity contribution in [1.29, 1.82) is 0 Å². The van der Waals surface area contributed by atoms with Gasteiger partial charge >= 0.3 is 0 Å². The predicted molar refractivity (Wildman–Crippen MR) is 108 cm³/mol. The molecule has 0 bridgehead atoms. The molecule has 2 aromatic carbocycles. The molecule has 0 aliphatic carbocycles. The van der Waals surface area contributed by atoms with E-state index in [0.29, 0.717) is 42.1 Å². The molecule has 0 radical (unpaired) electrons. The van der Waals surface area contributed by atoms with Crippen molar-refractivity contribution in [1.82, 2.24) is 14.4 Å². The van der Waals surface area contributed by atoms with Crippen LogP contribution in [0.4, 0.5) is 0 Å². The summed E-state index contributed by atoms with van der Waals surface area (Å²) in [6, 6.07) is 13.0. The van der Waals surface area contributed by atoms with Gasteiger partial charge in [-0.3, -0.25) is 0 Å². The van der Waals surface area contributed by atoms with Gasteiger partial charge in [0.05, 0.1) is 11.5 Å². The van der Waals surface area contributed by atoms with E-state index in [1.165, 1.54) is 4.31 Å². The van der Waals surface area contributed by atoms with E-state index in [2.05, 4.69) is 10.1 Å². The fourth-order valence-electron chi connectivity index (χ4n) is 3.37. The van der Waals surface area contributed by atoms with Crippen LogP contribution in [0.5, 0.6) is 5.75 Å². The minimum Gasteiger partial charge on any atom is -0.494 e. The third-order valence-electron chi connectivity index (χ3n) is 4.77. The molecular weight excluding hydrogens is 414 g/mol. The van der Waals surface area contributed by atoms with E-state index in [-0.39, 0.29) is 4.90 Å². The molecule has 9 heteroatoms. The molecule has 1 aromatic heterocycles. The molecule has 0 saturated carbocycles. The predicted octanol–water partition coefficient (Wildman–Crippen LogP) is 4.31. The van der Waals surface area contributed by atoms with E-state index in [9.17, 15) is 8.42 Å². The molecule has 2 heterocycles. The third kappa shape index (κ3) is 4.01. The molecule has 152 valence electrons. The second kappa shape index (κ2) is 8.14. The number of halogens is 1. The molecule has 29 heavy (non-hydrogen) atoms. The first-order chi connectivity index (χ1) is 14.0. The first-order valence-corrected chi connectivity index (χ1v) is 11.1. The first-order valence-electron chi connectivity index (χ1n) is 9.33. The van der Waals surface area contributed by atoms with Gasteiger partial charge in [0.25, 0.3) is 0 Å². The average molecular weight is 434 g/mol. The quantitative estimate of drug-likeness (QED) is 0.575. The van der Waals surface area contributed by atoms with Crippen LogP contribution in [0.25, 0.3) is 11.4 Å². The summed E-state index contributed by atoms with van der Waals surface area (Å²) in [6.07, 6.45) is 1.35. The van der Waals surface area contributed by atoms with Crippen LogP contribution in [0.2, 0.25) is 5.02 Å². The van der Waals surface area contributed by atoms with Gasteiger partial charge in [0, 0.05) is 17.1 Å². The van der Waals surface area contributed by atoms with Gasteiger partial charge in [-0.2, -0.15) is 9.29 Å². The molecular formula is C20H20ClN3O4S. The molecule has 0 amide bonds. The molecule has 1 aliphatic heterocycles. The molecule has 3 aromatic rings. The molecule has 1 atom stereocenters. The third-order valence-corrected chi connectivity index (χ3v) is 6.95. The molecule has 0 unspecified atom stereocenters. The Labute approximate surface area is 174 Å². The Morgan fingerprint density at radius 2 is 1.90 bits per heavy atom. The number of hydrogen-bond acceptors (Lipinski definition) is 6. The Balaban J connectivity index is 1.59. The number of nitrogens with zero attached hydrogens (tertiary/aromatic N) is 3. The minimum absolute atomic E-state index is 0.213. The zero-order valence-corrected chi connectivity index (χ0v) is 17.4. The number of aromatic nitrogens is 2. The topological polar surface area (TPSA) is 85.5 Å². The van der Waals surface area contributed by atoms with Crippen molar-refractivity contribution < 1.29 is 17.7 Å². The Bertz CT molecular complexity index is 1080. The lowest BCUT2D eigenvalue weighted by molar-refractivity contribution is 0.290. The van der Waals surface area contributed by atoms with E-state index in [0.717, 1.165) is 12.0 Å². The summed E-state index contributed by atoms with van der Waals surface area (Å²) in [5.41, 5.74) is 0.753. The maximum Gasteiger partial charge on any atom is 0.245 e. The maximum atomic E-state index is 13.2. The van der Waals surface area contributed by atoms with Crippen molar-refractivity contribution in [2.24, 2.45) is 0 Å². The normalized spacial score (nSPS) is 17.5. The van der Waals surface area contributed by atoms with E-state index in [4.69, 9.17) is 20.9 Å². The molecule has 0 spiro atoms. The van der Waals surface area contributed by atoms with Gasteiger partial charge in [-0.25, -0.2) is 8.42 Å². The van der Waals surface area contributed by atoms with E-state index in [1.807, 2.05) is 6.92 Å². The molecule has 0 N–H and O–H groups in total. The van der Waals surface area contributed by atoms with Gasteiger partial charge in [0.1, 0.15) is 11.8 Å². The molecule has 1 saturated heterocycles. The van der Waals surface area contributed by atoms with Crippen LogP contribution in [0.15, 0.2) is 57.9 Å².